The largest absolute Gasteiger partial charge is 0.395 e. The molecule has 0 amide bonds. The Morgan fingerprint density at radius 3 is 2.79 bits per heavy atom. The van der Waals surface area contributed by atoms with Crippen LogP contribution in [0, 0.1) is 6.92 Å². The summed E-state index contributed by atoms with van der Waals surface area (Å²) in [6.07, 6.45) is 1.65. The van der Waals surface area contributed by atoms with E-state index in [9.17, 15) is 8.42 Å². The van der Waals surface area contributed by atoms with Gasteiger partial charge >= 0.3 is 0 Å². The van der Waals surface area contributed by atoms with Gasteiger partial charge in [-0.3, -0.25) is 4.98 Å². The Labute approximate surface area is 112 Å². The number of aliphatic hydroxyl groups excluding tert-OH is 1. The number of fused-ring (bicyclic) bond motifs is 1. The summed E-state index contributed by atoms with van der Waals surface area (Å²) < 4.78 is 25.9. The van der Waals surface area contributed by atoms with Crippen LogP contribution in [0.4, 0.5) is 0 Å². The van der Waals surface area contributed by atoms with Gasteiger partial charge in [0.25, 0.3) is 0 Å². The Bertz CT molecular complexity index is 698. The molecule has 0 fully saturated rings. The number of rotatable bonds is 4. The van der Waals surface area contributed by atoms with Crippen molar-refractivity contribution in [2.75, 3.05) is 20.2 Å². The van der Waals surface area contributed by atoms with E-state index in [0.717, 1.165) is 15.3 Å². The molecule has 0 bridgehead atoms. The Balaban J connectivity index is 2.63. The van der Waals surface area contributed by atoms with Crippen LogP contribution < -0.4 is 0 Å². The fourth-order valence-electron chi connectivity index (χ4n) is 1.88. The van der Waals surface area contributed by atoms with Crippen molar-refractivity contribution >= 4 is 20.9 Å². The molecule has 2 rings (SSSR count). The summed E-state index contributed by atoms with van der Waals surface area (Å²) in [4.78, 5) is 4.39. The fraction of sp³-hybridized carbons (Fsp3) is 0.308. The maximum absolute atomic E-state index is 12.4. The summed E-state index contributed by atoms with van der Waals surface area (Å²) in [5.41, 5.74) is 1.43. The number of nitrogens with zero attached hydrogens (tertiary/aromatic N) is 2. The standard InChI is InChI=1S/C13H16N2O3S/c1-10-8-11-4-3-5-12(13(11)14-9-10)19(17,18)15(2)6-7-16/h3-5,8-9,16H,6-7H2,1-2H3. The highest BCUT2D eigenvalue weighted by molar-refractivity contribution is 7.89. The van der Waals surface area contributed by atoms with E-state index in [2.05, 4.69) is 4.98 Å². The van der Waals surface area contributed by atoms with Crippen LogP contribution in [0.25, 0.3) is 10.9 Å². The Hall–Kier alpha value is -1.50. The van der Waals surface area contributed by atoms with Crippen LogP contribution in [0.15, 0.2) is 35.4 Å². The number of hydrogen-bond donors (Lipinski definition) is 1. The Kier molecular flexibility index (Phi) is 3.84. The second-order valence-corrected chi connectivity index (χ2v) is 6.40. The summed E-state index contributed by atoms with van der Waals surface area (Å²) in [6.45, 7) is 1.75. The van der Waals surface area contributed by atoms with E-state index >= 15 is 0 Å². The van der Waals surface area contributed by atoms with Gasteiger partial charge in [-0.15, -0.1) is 0 Å². The molecule has 2 aromatic rings. The van der Waals surface area contributed by atoms with Gasteiger partial charge < -0.3 is 5.11 Å². The van der Waals surface area contributed by atoms with Crippen LogP contribution in [-0.2, 0) is 10.0 Å². The zero-order chi connectivity index (χ0) is 14.0. The molecule has 0 aliphatic carbocycles. The van der Waals surface area contributed by atoms with Crippen molar-refractivity contribution in [3.63, 3.8) is 0 Å². The fourth-order valence-corrected chi connectivity index (χ4v) is 3.20. The number of sulfonamides is 1. The Morgan fingerprint density at radius 1 is 1.37 bits per heavy atom. The van der Waals surface area contributed by atoms with E-state index in [-0.39, 0.29) is 18.0 Å². The highest BCUT2D eigenvalue weighted by atomic mass is 32.2. The molecule has 1 heterocycles. The van der Waals surface area contributed by atoms with Crippen LogP contribution >= 0.6 is 0 Å². The molecule has 0 aliphatic rings. The maximum Gasteiger partial charge on any atom is 0.245 e. The van der Waals surface area contributed by atoms with Gasteiger partial charge in [-0.05, 0) is 24.6 Å². The lowest BCUT2D eigenvalue weighted by Gasteiger charge is -2.16. The van der Waals surface area contributed by atoms with Crippen LogP contribution in [0.2, 0.25) is 0 Å². The third kappa shape index (κ3) is 2.60. The first kappa shape index (κ1) is 13.9. The van der Waals surface area contributed by atoms with Crippen LogP contribution in [-0.4, -0.2) is 43.0 Å². The second-order valence-electron chi connectivity index (χ2n) is 4.39. The molecule has 1 aromatic carbocycles. The molecule has 0 saturated carbocycles. The third-order valence-corrected chi connectivity index (χ3v) is 4.80. The highest BCUT2D eigenvalue weighted by Crippen LogP contribution is 2.23. The van der Waals surface area contributed by atoms with Gasteiger partial charge in [-0.25, -0.2) is 8.42 Å². The average molecular weight is 280 g/mol. The number of aryl methyl sites for hydroxylation is 1. The molecule has 5 nitrogen and oxygen atoms in total. The number of benzene rings is 1. The lowest BCUT2D eigenvalue weighted by molar-refractivity contribution is 0.266. The quantitative estimate of drug-likeness (QED) is 0.912. The van der Waals surface area contributed by atoms with Gasteiger partial charge in [0.1, 0.15) is 4.90 Å². The Morgan fingerprint density at radius 2 is 2.11 bits per heavy atom. The van der Waals surface area contributed by atoms with Crippen molar-refractivity contribution < 1.29 is 13.5 Å². The molecule has 0 aliphatic heterocycles. The SMILES string of the molecule is Cc1cnc2c(S(=O)(=O)N(C)CCO)cccc2c1. The third-order valence-electron chi connectivity index (χ3n) is 2.91. The van der Waals surface area contributed by atoms with E-state index in [1.165, 1.54) is 13.1 Å². The lowest BCUT2D eigenvalue weighted by Crippen LogP contribution is -2.29. The summed E-state index contributed by atoms with van der Waals surface area (Å²) in [5, 5.41) is 9.67. The van der Waals surface area contributed by atoms with Crippen molar-refractivity contribution in [3.05, 3.63) is 36.0 Å². The predicted octanol–water partition coefficient (Wildman–Crippen LogP) is 1.16. The summed E-state index contributed by atoms with van der Waals surface area (Å²) in [7, 11) is -2.19. The summed E-state index contributed by atoms with van der Waals surface area (Å²) in [5.74, 6) is 0. The zero-order valence-electron chi connectivity index (χ0n) is 10.9. The van der Waals surface area contributed by atoms with Crippen LogP contribution in [0.1, 0.15) is 5.56 Å². The summed E-state index contributed by atoms with van der Waals surface area (Å²) in [6, 6.07) is 6.96. The number of pyridine rings is 1. The molecular formula is C13H16N2O3S. The van der Waals surface area contributed by atoms with E-state index < -0.39 is 10.0 Å². The number of likely N-dealkylation sites (N-methyl/N-ethyl adjacent to an activating group) is 1. The second kappa shape index (κ2) is 5.24. The molecule has 0 saturated heterocycles. The first-order chi connectivity index (χ1) is 8.96. The molecule has 0 spiro atoms. The van der Waals surface area contributed by atoms with Crippen LogP contribution in [0.5, 0.6) is 0 Å². The van der Waals surface area contributed by atoms with E-state index in [4.69, 9.17) is 5.11 Å². The average Bonchev–Trinajstić information content (AvgIpc) is 2.37. The number of hydrogen-bond acceptors (Lipinski definition) is 4. The molecule has 1 aromatic heterocycles. The minimum absolute atomic E-state index is 0.0601. The van der Waals surface area contributed by atoms with Crippen molar-refractivity contribution in [1.82, 2.24) is 9.29 Å². The van der Waals surface area contributed by atoms with Gasteiger partial charge in [0, 0.05) is 25.2 Å². The molecule has 102 valence electrons. The van der Waals surface area contributed by atoms with E-state index in [1.54, 1.807) is 12.3 Å². The van der Waals surface area contributed by atoms with Crippen molar-refractivity contribution in [2.45, 2.75) is 11.8 Å². The lowest BCUT2D eigenvalue weighted by atomic mass is 10.2. The molecule has 0 radical (unpaired) electrons. The van der Waals surface area contributed by atoms with Crippen LogP contribution in [0.3, 0.4) is 0 Å². The summed E-state index contributed by atoms with van der Waals surface area (Å²) >= 11 is 0. The normalized spacial score (nSPS) is 12.2. The highest BCUT2D eigenvalue weighted by Gasteiger charge is 2.23. The predicted molar refractivity (Wildman–Crippen MR) is 73.4 cm³/mol. The minimum Gasteiger partial charge on any atom is -0.395 e. The number of aliphatic hydroxyl groups is 1. The van der Waals surface area contributed by atoms with Crippen molar-refractivity contribution in [3.8, 4) is 0 Å². The van der Waals surface area contributed by atoms with Crippen molar-refractivity contribution in [2.24, 2.45) is 0 Å². The zero-order valence-corrected chi connectivity index (χ0v) is 11.7. The molecule has 19 heavy (non-hydrogen) atoms. The molecular weight excluding hydrogens is 264 g/mol. The maximum atomic E-state index is 12.4. The minimum atomic E-state index is -3.63. The van der Waals surface area contributed by atoms with E-state index in [0.29, 0.717) is 5.52 Å². The molecule has 6 heteroatoms. The van der Waals surface area contributed by atoms with Gasteiger partial charge in [-0.1, -0.05) is 12.1 Å². The molecule has 0 unspecified atom stereocenters. The van der Waals surface area contributed by atoms with Gasteiger partial charge in [0.15, 0.2) is 0 Å². The van der Waals surface area contributed by atoms with Crippen molar-refractivity contribution in [1.29, 1.82) is 0 Å². The topological polar surface area (TPSA) is 70.5 Å². The van der Waals surface area contributed by atoms with Gasteiger partial charge in [0.05, 0.1) is 12.1 Å². The smallest absolute Gasteiger partial charge is 0.245 e. The first-order valence-corrected chi connectivity index (χ1v) is 7.33. The molecule has 1 N–H and O–H groups in total. The molecule has 0 atom stereocenters. The first-order valence-electron chi connectivity index (χ1n) is 5.89. The van der Waals surface area contributed by atoms with Gasteiger partial charge in [-0.2, -0.15) is 4.31 Å². The number of aromatic nitrogens is 1. The monoisotopic (exact) mass is 280 g/mol. The van der Waals surface area contributed by atoms with E-state index in [1.807, 2.05) is 19.1 Å². The number of para-hydroxylation sites is 1. The van der Waals surface area contributed by atoms with Gasteiger partial charge in [0.2, 0.25) is 10.0 Å².